The van der Waals surface area contributed by atoms with Crippen molar-refractivity contribution in [2.24, 2.45) is 23.7 Å². The van der Waals surface area contributed by atoms with Crippen molar-refractivity contribution in [3.8, 4) is 0 Å². The van der Waals surface area contributed by atoms with Crippen LogP contribution in [-0.4, -0.2) is 29.6 Å². The first-order valence-corrected chi connectivity index (χ1v) is 8.24. The highest BCUT2D eigenvalue weighted by molar-refractivity contribution is 6.30. The molecule has 5 atom stereocenters. The van der Waals surface area contributed by atoms with Crippen molar-refractivity contribution < 1.29 is 5.11 Å². The van der Waals surface area contributed by atoms with E-state index in [1.165, 1.54) is 32.4 Å². The van der Waals surface area contributed by atoms with Gasteiger partial charge < -0.3 is 5.11 Å². The second kappa shape index (κ2) is 5.01. The lowest BCUT2D eigenvalue weighted by atomic mass is 9.82. The molecular weight excluding hydrogens is 270 g/mol. The van der Waals surface area contributed by atoms with E-state index in [1.54, 1.807) is 0 Å². The molecule has 1 aliphatic heterocycles. The largest absolute Gasteiger partial charge is 0.387 e. The van der Waals surface area contributed by atoms with Gasteiger partial charge in [0.05, 0.1) is 6.10 Å². The van der Waals surface area contributed by atoms with E-state index < -0.39 is 6.10 Å². The molecule has 108 valence electrons. The topological polar surface area (TPSA) is 23.5 Å². The van der Waals surface area contributed by atoms with Crippen LogP contribution >= 0.6 is 11.6 Å². The summed E-state index contributed by atoms with van der Waals surface area (Å²) in [5, 5.41) is 11.1. The van der Waals surface area contributed by atoms with Gasteiger partial charge in [0.1, 0.15) is 0 Å². The molecule has 1 aromatic rings. The van der Waals surface area contributed by atoms with Gasteiger partial charge in [-0.25, -0.2) is 0 Å². The van der Waals surface area contributed by atoms with Gasteiger partial charge in [-0.1, -0.05) is 23.7 Å². The predicted octanol–water partition coefficient (Wildman–Crippen LogP) is 3.35. The first kappa shape index (κ1) is 13.1. The first-order chi connectivity index (χ1) is 9.70. The summed E-state index contributed by atoms with van der Waals surface area (Å²) in [5.41, 5.74) is 0.942. The van der Waals surface area contributed by atoms with Gasteiger partial charge in [0.25, 0.3) is 0 Å². The lowest BCUT2D eigenvalue weighted by molar-refractivity contribution is 0.120. The number of likely N-dealkylation sites (tertiary alicyclic amines) is 1. The number of rotatable bonds is 3. The van der Waals surface area contributed by atoms with Gasteiger partial charge in [0.15, 0.2) is 0 Å². The van der Waals surface area contributed by atoms with Gasteiger partial charge in [-0.3, -0.25) is 4.90 Å². The third-order valence-corrected chi connectivity index (χ3v) is 6.11. The summed E-state index contributed by atoms with van der Waals surface area (Å²) in [6.07, 6.45) is 3.98. The Labute approximate surface area is 125 Å². The number of β-amino-alcohol motifs (C(OH)–C–C–N with tert-alkyl or cyclic N) is 1. The quantitative estimate of drug-likeness (QED) is 0.923. The summed E-state index contributed by atoms with van der Waals surface area (Å²) in [4.78, 5) is 2.48. The van der Waals surface area contributed by atoms with Gasteiger partial charge >= 0.3 is 0 Å². The fraction of sp³-hybridized carbons (Fsp3) is 0.647. The van der Waals surface area contributed by atoms with E-state index in [0.29, 0.717) is 5.02 Å². The van der Waals surface area contributed by atoms with Crippen molar-refractivity contribution in [3.05, 3.63) is 34.9 Å². The molecule has 0 spiro atoms. The number of fused-ring (bicyclic) bond motifs is 5. The molecule has 1 saturated heterocycles. The highest BCUT2D eigenvalue weighted by Crippen LogP contribution is 2.55. The Bertz CT molecular complexity index is 488. The van der Waals surface area contributed by atoms with Crippen LogP contribution in [0, 0.1) is 23.7 Å². The number of benzene rings is 1. The van der Waals surface area contributed by atoms with Gasteiger partial charge in [0, 0.05) is 24.7 Å². The van der Waals surface area contributed by atoms with Gasteiger partial charge in [-0.05, 0) is 60.6 Å². The molecule has 0 radical (unpaired) electrons. The molecule has 2 aliphatic carbocycles. The predicted molar refractivity (Wildman–Crippen MR) is 80.7 cm³/mol. The molecule has 4 rings (SSSR count). The number of hydrogen-bond donors (Lipinski definition) is 1. The lowest BCUT2D eigenvalue weighted by Crippen LogP contribution is -2.28. The van der Waals surface area contributed by atoms with E-state index in [4.69, 9.17) is 11.6 Å². The number of halogens is 1. The fourth-order valence-electron chi connectivity index (χ4n) is 4.98. The van der Waals surface area contributed by atoms with Crippen LogP contribution < -0.4 is 0 Å². The first-order valence-electron chi connectivity index (χ1n) is 7.86. The Hall–Kier alpha value is -0.570. The van der Waals surface area contributed by atoms with Gasteiger partial charge in [0.2, 0.25) is 0 Å². The summed E-state index contributed by atoms with van der Waals surface area (Å²) in [6.45, 7) is 3.15. The summed E-state index contributed by atoms with van der Waals surface area (Å²) in [7, 11) is 0. The summed E-state index contributed by atoms with van der Waals surface area (Å²) >= 11 is 6.01. The molecule has 3 heteroatoms. The second-order valence-corrected chi connectivity index (χ2v) is 7.39. The Morgan fingerprint density at radius 2 is 1.90 bits per heavy atom. The van der Waals surface area contributed by atoms with Crippen molar-refractivity contribution in [2.75, 3.05) is 19.6 Å². The van der Waals surface area contributed by atoms with Crippen molar-refractivity contribution in [1.29, 1.82) is 0 Å². The highest BCUT2D eigenvalue weighted by atomic mass is 35.5. The van der Waals surface area contributed by atoms with Crippen molar-refractivity contribution in [1.82, 2.24) is 4.90 Å². The molecule has 1 N–H and O–H groups in total. The zero-order valence-electron chi connectivity index (χ0n) is 11.7. The molecule has 2 saturated carbocycles. The maximum absolute atomic E-state index is 10.4. The third kappa shape index (κ3) is 2.18. The molecular formula is C17H22ClNO. The summed E-state index contributed by atoms with van der Waals surface area (Å²) in [5.74, 6) is 3.80. The zero-order valence-corrected chi connectivity index (χ0v) is 12.5. The molecule has 0 aromatic heterocycles. The Morgan fingerprint density at radius 1 is 1.20 bits per heavy atom. The van der Waals surface area contributed by atoms with Gasteiger partial charge in [-0.15, -0.1) is 0 Å². The average Bonchev–Trinajstić information content (AvgIpc) is 3.10. The van der Waals surface area contributed by atoms with Crippen molar-refractivity contribution in [3.63, 3.8) is 0 Å². The maximum Gasteiger partial charge on any atom is 0.0917 e. The van der Waals surface area contributed by atoms with E-state index in [-0.39, 0.29) is 0 Å². The zero-order chi connectivity index (χ0) is 13.7. The van der Waals surface area contributed by atoms with Crippen LogP contribution in [0.4, 0.5) is 0 Å². The fourth-order valence-corrected chi connectivity index (χ4v) is 5.18. The number of hydrogen-bond acceptors (Lipinski definition) is 2. The minimum absolute atomic E-state index is 0.412. The highest BCUT2D eigenvalue weighted by Gasteiger charge is 2.51. The van der Waals surface area contributed by atoms with Crippen LogP contribution in [0.1, 0.15) is 30.9 Å². The number of aliphatic hydroxyl groups excluding tert-OH is 1. The van der Waals surface area contributed by atoms with E-state index in [1.807, 2.05) is 24.3 Å². The minimum atomic E-state index is -0.412. The number of nitrogens with zero attached hydrogens (tertiary/aromatic N) is 1. The van der Waals surface area contributed by atoms with Crippen LogP contribution in [0.5, 0.6) is 0 Å². The lowest BCUT2D eigenvalue weighted by Gasteiger charge is -2.22. The van der Waals surface area contributed by atoms with Crippen LogP contribution in [0.25, 0.3) is 0 Å². The number of aliphatic hydroxyl groups is 1. The average molecular weight is 292 g/mol. The van der Waals surface area contributed by atoms with Crippen molar-refractivity contribution >= 4 is 11.6 Å². The molecule has 3 aliphatic rings. The van der Waals surface area contributed by atoms with Crippen molar-refractivity contribution in [2.45, 2.75) is 25.4 Å². The molecule has 1 heterocycles. The smallest absolute Gasteiger partial charge is 0.0917 e. The molecule has 0 amide bonds. The molecule has 2 bridgehead atoms. The SMILES string of the molecule is OC(CN1C[C@@H]2[C@@H]3CC[C@@H](C3)[C@@H]2C1)c1cccc(Cl)c1. The molecule has 1 aromatic carbocycles. The maximum atomic E-state index is 10.4. The Kier molecular flexibility index (Phi) is 3.29. The van der Waals surface area contributed by atoms with E-state index >= 15 is 0 Å². The molecule has 20 heavy (non-hydrogen) atoms. The second-order valence-electron chi connectivity index (χ2n) is 6.95. The van der Waals surface area contributed by atoms with E-state index in [0.717, 1.165) is 35.8 Å². The summed E-state index contributed by atoms with van der Waals surface area (Å²) in [6, 6.07) is 7.62. The molecule has 1 unspecified atom stereocenters. The van der Waals surface area contributed by atoms with Crippen LogP contribution in [0.15, 0.2) is 24.3 Å². The summed E-state index contributed by atoms with van der Waals surface area (Å²) < 4.78 is 0. The van der Waals surface area contributed by atoms with Crippen LogP contribution in [0.3, 0.4) is 0 Å². The van der Waals surface area contributed by atoms with E-state index in [9.17, 15) is 5.11 Å². The molecule has 2 nitrogen and oxygen atoms in total. The van der Waals surface area contributed by atoms with Gasteiger partial charge in [-0.2, -0.15) is 0 Å². The minimum Gasteiger partial charge on any atom is -0.387 e. The molecule has 3 fully saturated rings. The third-order valence-electron chi connectivity index (χ3n) is 5.88. The Balaban J connectivity index is 1.41. The standard InChI is InChI=1S/C17H22ClNO/c18-14-3-1-2-13(7-14)17(20)10-19-8-15-11-4-5-12(6-11)16(15)9-19/h1-3,7,11-12,15-17,20H,4-6,8-10H2/t11-,12+,15-,16+,17?. The monoisotopic (exact) mass is 291 g/mol. The normalized spacial score (nSPS) is 37.3. The Morgan fingerprint density at radius 3 is 2.55 bits per heavy atom. The van der Waals surface area contributed by atoms with E-state index in [2.05, 4.69) is 4.90 Å². The van der Waals surface area contributed by atoms with Crippen LogP contribution in [0.2, 0.25) is 5.02 Å². The van der Waals surface area contributed by atoms with Crippen LogP contribution in [-0.2, 0) is 0 Å².